The molecule has 44 heavy (non-hydrogen) atoms. The Balaban J connectivity index is 1.22. The molecular formula is C32H30F3N3O6. The first-order valence-electron chi connectivity index (χ1n) is 14.0. The van der Waals surface area contributed by atoms with Gasteiger partial charge in [0.25, 0.3) is 11.8 Å². The minimum Gasteiger partial charge on any atom is -0.494 e. The molecule has 1 N–H and O–H groups in total. The highest BCUT2D eigenvalue weighted by Crippen LogP contribution is 2.30. The van der Waals surface area contributed by atoms with Crippen LogP contribution in [-0.2, 0) is 30.5 Å². The standard InChI is InChI=1S/C32H30F3N3O6/c1-36-24(19-37(31(36)43)17-20-6-10-23(11-7-20)32(33,34)35)14-15-44-25-12-8-21(9-13-28(39)40)22(16-25)18-38-29(41)26-4-2-3-5-27(26)30(38)42/h2-8,10-12,16,24H,9,13-15,17-19H2,1H3,(H,39,40)/t24-/m1/s1. The second kappa shape index (κ2) is 12.4. The van der Waals surface area contributed by atoms with Gasteiger partial charge in [0.2, 0.25) is 0 Å². The largest absolute Gasteiger partial charge is 0.494 e. The third-order valence-electron chi connectivity index (χ3n) is 7.92. The van der Waals surface area contributed by atoms with Gasteiger partial charge in [-0.05, 0) is 59.5 Å². The lowest BCUT2D eigenvalue weighted by atomic mass is 10.0. The van der Waals surface area contributed by atoms with Crippen molar-refractivity contribution in [3.8, 4) is 5.75 Å². The molecule has 4 amide bonds. The number of ether oxygens (including phenoxy) is 1. The summed E-state index contributed by atoms with van der Waals surface area (Å²) >= 11 is 0. The van der Waals surface area contributed by atoms with Gasteiger partial charge in [0.1, 0.15) is 5.75 Å². The number of carbonyl (C=O) groups excluding carboxylic acids is 3. The van der Waals surface area contributed by atoms with Crippen LogP contribution in [0.1, 0.15) is 55.8 Å². The number of nitrogens with zero attached hydrogens (tertiary/aromatic N) is 3. The zero-order valence-electron chi connectivity index (χ0n) is 23.8. The Bertz CT molecular complexity index is 1560. The van der Waals surface area contributed by atoms with Crippen LogP contribution in [0.5, 0.6) is 5.75 Å². The van der Waals surface area contributed by atoms with E-state index in [9.17, 15) is 37.5 Å². The summed E-state index contributed by atoms with van der Waals surface area (Å²) in [7, 11) is 1.66. The molecule has 230 valence electrons. The van der Waals surface area contributed by atoms with Gasteiger partial charge in [0.15, 0.2) is 0 Å². The van der Waals surface area contributed by atoms with Crippen molar-refractivity contribution < 1.29 is 42.2 Å². The van der Waals surface area contributed by atoms with Crippen molar-refractivity contribution in [2.75, 3.05) is 20.2 Å². The summed E-state index contributed by atoms with van der Waals surface area (Å²) in [5, 5.41) is 9.19. The molecule has 1 atom stereocenters. The minimum atomic E-state index is -4.43. The molecule has 0 saturated carbocycles. The van der Waals surface area contributed by atoms with Gasteiger partial charge in [-0.3, -0.25) is 19.3 Å². The summed E-state index contributed by atoms with van der Waals surface area (Å²) in [5.74, 6) is -1.35. The Kier molecular flexibility index (Phi) is 8.61. The van der Waals surface area contributed by atoms with Crippen LogP contribution in [-0.4, -0.2) is 69.9 Å². The van der Waals surface area contributed by atoms with Gasteiger partial charge in [0.05, 0.1) is 35.9 Å². The highest BCUT2D eigenvalue weighted by atomic mass is 19.4. The monoisotopic (exact) mass is 609 g/mol. The summed E-state index contributed by atoms with van der Waals surface area (Å²) in [6, 6.07) is 16.0. The number of fused-ring (bicyclic) bond motifs is 1. The Morgan fingerprint density at radius 3 is 2.20 bits per heavy atom. The summed E-state index contributed by atoms with van der Waals surface area (Å²) in [4.78, 5) is 54.2. The topological polar surface area (TPSA) is 107 Å². The first-order chi connectivity index (χ1) is 20.9. The van der Waals surface area contributed by atoms with E-state index in [1.165, 1.54) is 12.1 Å². The molecule has 5 rings (SSSR count). The van der Waals surface area contributed by atoms with Crippen molar-refractivity contribution in [2.24, 2.45) is 0 Å². The van der Waals surface area contributed by atoms with Gasteiger partial charge in [0, 0.05) is 33.0 Å². The van der Waals surface area contributed by atoms with E-state index in [2.05, 4.69) is 0 Å². The highest BCUT2D eigenvalue weighted by Gasteiger charge is 2.36. The number of aryl methyl sites for hydroxylation is 1. The molecule has 2 aliphatic heterocycles. The van der Waals surface area contributed by atoms with Crippen LogP contribution in [0.25, 0.3) is 0 Å². The van der Waals surface area contributed by atoms with Crippen LogP contribution in [0.15, 0.2) is 66.7 Å². The van der Waals surface area contributed by atoms with Gasteiger partial charge >= 0.3 is 18.2 Å². The molecule has 2 heterocycles. The maximum Gasteiger partial charge on any atom is 0.416 e. The number of hydrogen-bond donors (Lipinski definition) is 1. The number of imide groups is 1. The van der Waals surface area contributed by atoms with E-state index in [0.29, 0.717) is 46.5 Å². The Labute approximate surface area is 251 Å². The maximum atomic E-state index is 12.9. The van der Waals surface area contributed by atoms with Crippen LogP contribution in [0.3, 0.4) is 0 Å². The van der Waals surface area contributed by atoms with Crippen molar-refractivity contribution in [1.82, 2.24) is 14.7 Å². The van der Waals surface area contributed by atoms with Crippen molar-refractivity contribution in [3.05, 3.63) is 100 Å². The number of aliphatic carboxylic acids is 1. The van der Waals surface area contributed by atoms with Crippen LogP contribution >= 0.6 is 0 Å². The fraction of sp³-hybridized carbons (Fsp3) is 0.312. The van der Waals surface area contributed by atoms with Gasteiger partial charge in [-0.15, -0.1) is 0 Å². The number of carboxylic acid groups (broad SMARTS) is 1. The number of carbonyl (C=O) groups is 4. The van der Waals surface area contributed by atoms with Crippen molar-refractivity contribution in [3.63, 3.8) is 0 Å². The van der Waals surface area contributed by atoms with Crippen molar-refractivity contribution in [2.45, 2.75) is 44.6 Å². The molecule has 0 spiro atoms. The molecule has 3 aromatic carbocycles. The lowest BCUT2D eigenvalue weighted by Gasteiger charge is -2.19. The van der Waals surface area contributed by atoms with E-state index in [1.807, 2.05) is 0 Å². The van der Waals surface area contributed by atoms with Crippen molar-refractivity contribution in [1.29, 1.82) is 0 Å². The molecule has 0 aliphatic carbocycles. The Morgan fingerprint density at radius 2 is 1.59 bits per heavy atom. The minimum absolute atomic E-state index is 0.0444. The van der Waals surface area contributed by atoms with E-state index < -0.39 is 29.5 Å². The van der Waals surface area contributed by atoms with Gasteiger partial charge in [-0.1, -0.05) is 30.3 Å². The fourth-order valence-electron chi connectivity index (χ4n) is 5.46. The van der Waals surface area contributed by atoms with E-state index in [1.54, 1.807) is 59.3 Å². The number of rotatable bonds is 11. The molecule has 9 nitrogen and oxygen atoms in total. The number of amides is 4. The number of urea groups is 1. The van der Waals surface area contributed by atoms with Gasteiger partial charge < -0.3 is 19.6 Å². The number of halogens is 3. The first kappa shape index (κ1) is 30.6. The van der Waals surface area contributed by atoms with E-state index >= 15 is 0 Å². The zero-order valence-corrected chi connectivity index (χ0v) is 23.8. The molecule has 2 aliphatic rings. The van der Waals surface area contributed by atoms with Crippen LogP contribution in [0, 0.1) is 0 Å². The lowest BCUT2D eigenvalue weighted by molar-refractivity contribution is -0.138. The SMILES string of the molecule is CN1C(=O)N(Cc2ccc(C(F)(F)F)cc2)C[C@H]1CCOc1ccc(CCC(=O)O)c(CN2C(=O)c3ccccc3C2=O)c1. The molecule has 12 heteroatoms. The average molecular weight is 610 g/mol. The fourth-order valence-corrected chi connectivity index (χ4v) is 5.46. The average Bonchev–Trinajstić information content (AvgIpc) is 3.39. The van der Waals surface area contributed by atoms with Crippen LogP contribution in [0.2, 0.25) is 0 Å². The molecule has 0 bridgehead atoms. The third-order valence-corrected chi connectivity index (χ3v) is 7.92. The predicted molar refractivity (Wildman–Crippen MR) is 152 cm³/mol. The highest BCUT2D eigenvalue weighted by molar-refractivity contribution is 6.21. The number of alkyl halides is 3. The Morgan fingerprint density at radius 1 is 0.932 bits per heavy atom. The number of carboxylic acids is 1. The predicted octanol–water partition coefficient (Wildman–Crippen LogP) is 5.22. The number of benzene rings is 3. The van der Waals surface area contributed by atoms with E-state index in [-0.39, 0.29) is 44.6 Å². The third kappa shape index (κ3) is 6.53. The lowest BCUT2D eigenvalue weighted by Crippen LogP contribution is -2.31. The normalized spacial score (nSPS) is 16.6. The molecule has 0 radical (unpaired) electrons. The molecule has 0 unspecified atom stereocenters. The summed E-state index contributed by atoms with van der Waals surface area (Å²) in [6.45, 7) is 0.741. The zero-order chi connectivity index (χ0) is 31.6. The summed E-state index contributed by atoms with van der Waals surface area (Å²) in [5.41, 5.74) is 1.75. The second-order valence-corrected chi connectivity index (χ2v) is 10.8. The number of likely N-dealkylation sites (N-methyl/N-ethyl adjacent to an activating group) is 1. The second-order valence-electron chi connectivity index (χ2n) is 10.8. The maximum absolute atomic E-state index is 12.9. The van der Waals surface area contributed by atoms with Crippen molar-refractivity contribution >= 4 is 23.8 Å². The summed E-state index contributed by atoms with van der Waals surface area (Å²) in [6.07, 6.45) is -3.87. The smallest absolute Gasteiger partial charge is 0.416 e. The first-order valence-corrected chi connectivity index (χ1v) is 14.0. The molecule has 3 aromatic rings. The van der Waals surface area contributed by atoms with Crippen LogP contribution in [0.4, 0.5) is 18.0 Å². The number of hydrogen-bond acceptors (Lipinski definition) is 5. The molecule has 1 saturated heterocycles. The Hall–Kier alpha value is -4.87. The summed E-state index contributed by atoms with van der Waals surface area (Å²) < 4.78 is 44.6. The van der Waals surface area contributed by atoms with E-state index in [0.717, 1.165) is 17.0 Å². The van der Waals surface area contributed by atoms with Crippen LogP contribution < -0.4 is 4.74 Å². The van der Waals surface area contributed by atoms with E-state index in [4.69, 9.17) is 4.74 Å². The van der Waals surface area contributed by atoms with Gasteiger partial charge in [-0.25, -0.2) is 4.79 Å². The van der Waals surface area contributed by atoms with Gasteiger partial charge in [-0.2, -0.15) is 13.2 Å². The molecular weight excluding hydrogens is 579 g/mol. The molecule has 1 fully saturated rings. The molecule has 0 aromatic heterocycles. The quantitative estimate of drug-likeness (QED) is 0.299.